The van der Waals surface area contributed by atoms with Crippen molar-refractivity contribution >= 4 is 34.4 Å². The van der Waals surface area contributed by atoms with Gasteiger partial charge in [-0.05, 0) is 137 Å². The van der Waals surface area contributed by atoms with E-state index in [1.54, 1.807) is 47.8 Å². The molecule has 1 aliphatic rings. The Hall–Kier alpha value is -4.03. The fraction of sp³-hybridized carbons (Fsp3) is 0.0769. The number of benzene rings is 6. The molecular weight excluding hydrogens is 597 g/mol. The van der Waals surface area contributed by atoms with Crippen molar-refractivity contribution in [2.45, 2.75) is 29.9 Å². The molecular formula is C39H31O2S3+. The second kappa shape index (κ2) is 11.8. The van der Waals surface area contributed by atoms with Crippen molar-refractivity contribution in [3.63, 3.8) is 0 Å². The molecule has 216 valence electrons. The molecule has 2 N–H and O–H groups in total. The van der Waals surface area contributed by atoms with Crippen molar-refractivity contribution in [3.8, 4) is 22.6 Å². The summed E-state index contributed by atoms with van der Waals surface area (Å²) in [4.78, 5) is 6.29. The van der Waals surface area contributed by atoms with Crippen LogP contribution >= 0.6 is 23.5 Å². The number of rotatable bonds is 7. The summed E-state index contributed by atoms with van der Waals surface area (Å²) < 4.78 is 0. The van der Waals surface area contributed by atoms with Crippen molar-refractivity contribution in [2.75, 3.05) is 12.5 Å². The lowest BCUT2D eigenvalue weighted by atomic mass is 9.67. The predicted octanol–water partition coefficient (Wildman–Crippen LogP) is 10.0. The summed E-state index contributed by atoms with van der Waals surface area (Å²) in [6, 6.07) is 48.8. The van der Waals surface area contributed by atoms with Crippen LogP contribution < -0.4 is 0 Å². The van der Waals surface area contributed by atoms with Gasteiger partial charge in [0.05, 0.1) is 16.3 Å². The molecule has 0 aliphatic heterocycles. The Kier molecular flexibility index (Phi) is 7.71. The average molecular weight is 628 g/mol. The van der Waals surface area contributed by atoms with E-state index in [0.717, 1.165) is 11.1 Å². The van der Waals surface area contributed by atoms with Crippen LogP contribution in [0.1, 0.15) is 22.3 Å². The monoisotopic (exact) mass is 627 g/mol. The molecule has 0 unspecified atom stereocenters. The molecule has 0 saturated carbocycles. The predicted molar refractivity (Wildman–Crippen MR) is 186 cm³/mol. The number of hydrogen-bond acceptors (Lipinski definition) is 4. The number of thioether (sulfide) groups is 2. The number of phenolic OH excluding ortho intramolecular Hbond substituents is 2. The van der Waals surface area contributed by atoms with Gasteiger partial charge in [0, 0.05) is 9.79 Å². The standard InChI is InChI=1S/C39H30O2S3/c1-42-30-15-19-32(20-16-30)44(33-21-17-31(43-2)18-22-33)34-23-24-36-35-5-3-4-6-37(35)39(38(36)25-34,26-7-11-28(40)12-8-26)27-9-13-29(41)14-10-27/h3-25H,1-2H3,(H-,40,41)/p+1. The Labute approximate surface area is 270 Å². The normalized spacial score (nSPS) is 13.1. The Morgan fingerprint density at radius 2 is 0.932 bits per heavy atom. The van der Waals surface area contributed by atoms with Crippen LogP contribution in [-0.4, -0.2) is 22.7 Å². The summed E-state index contributed by atoms with van der Waals surface area (Å²) >= 11 is 3.51. The summed E-state index contributed by atoms with van der Waals surface area (Å²) in [5.41, 5.74) is 6.29. The second-order valence-corrected chi connectivity index (χ2v) is 14.5. The first kappa shape index (κ1) is 28.7. The average Bonchev–Trinajstić information content (AvgIpc) is 3.37. The molecule has 6 aromatic carbocycles. The number of hydrogen-bond donors (Lipinski definition) is 2. The molecule has 7 rings (SSSR count). The van der Waals surface area contributed by atoms with Gasteiger partial charge < -0.3 is 10.2 Å². The van der Waals surface area contributed by atoms with Gasteiger partial charge in [0.25, 0.3) is 0 Å². The van der Waals surface area contributed by atoms with Crippen molar-refractivity contribution in [3.05, 3.63) is 162 Å². The largest absolute Gasteiger partial charge is 0.508 e. The van der Waals surface area contributed by atoms with Crippen LogP contribution in [0.3, 0.4) is 0 Å². The maximum Gasteiger partial charge on any atom is 0.166 e. The lowest BCUT2D eigenvalue weighted by Crippen LogP contribution is -2.28. The highest BCUT2D eigenvalue weighted by Crippen LogP contribution is 2.57. The molecule has 0 radical (unpaired) electrons. The first-order valence-corrected chi connectivity index (χ1v) is 18.1. The topological polar surface area (TPSA) is 40.5 Å². The summed E-state index contributed by atoms with van der Waals surface area (Å²) in [7, 11) is -0.345. The fourth-order valence-electron chi connectivity index (χ4n) is 6.43. The molecule has 0 saturated heterocycles. The molecule has 0 heterocycles. The number of phenols is 2. The minimum Gasteiger partial charge on any atom is -0.508 e. The lowest BCUT2D eigenvalue weighted by molar-refractivity contribution is 0.474. The van der Waals surface area contributed by atoms with Crippen LogP contribution in [0.4, 0.5) is 0 Å². The van der Waals surface area contributed by atoms with Crippen LogP contribution in [0, 0.1) is 0 Å². The first-order chi connectivity index (χ1) is 21.5. The molecule has 2 nitrogen and oxygen atoms in total. The Morgan fingerprint density at radius 1 is 0.477 bits per heavy atom. The van der Waals surface area contributed by atoms with Gasteiger partial charge in [-0.3, -0.25) is 0 Å². The van der Waals surface area contributed by atoms with Gasteiger partial charge in [0.15, 0.2) is 14.7 Å². The summed E-state index contributed by atoms with van der Waals surface area (Å²) in [6.45, 7) is 0. The number of aromatic hydroxyl groups is 2. The maximum atomic E-state index is 10.3. The van der Waals surface area contributed by atoms with Crippen molar-refractivity contribution in [1.29, 1.82) is 0 Å². The zero-order valence-corrected chi connectivity index (χ0v) is 26.8. The maximum absolute atomic E-state index is 10.3. The van der Waals surface area contributed by atoms with Crippen molar-refractivity contribution in [1.82, 2.24) is 0 Å². The van der Waals surface area contributed by atoms with Crippen molar-refractivity contribution in [2.24, 2.45) is 0 Å². The minimum atomic E-state index is -0.635. The van der Waals surface area contributed by atoms with E-state index in [-0.39, 0.29) is 22.4 Å². The molecule has 44 heavy (non-hydrogen) atoms. The third-order valence-corrected chi connectivity index (χ3v) is 12.1. The molecule has 1 aliphatic carbocycles. The molecule has 0 amide bonds. The van der Waals surface area contributed by atoms with Crippen LogP contribution in [0.15, 0.2) is 164 Å². The van der Waals surface area contributed by atoms with E-state index in [1.807, 2.05) is 24.3 Å². The molecule has 0 bridgehead atoms. The Balaban J connectivity index is 1.51. The van der Waals surface area contributed by atoms with E-state index in [1.165, 1.54) is 46.7 Å². The van der Waals surface area contributed by atoms with E-state index >= 15 is 0 Å². The molecule has 0 atom stereocenters. The number of fused-ring (bicyclic) bond motifs is 3. The van der Waals surface area contributed by atoms with Gasteiger partial charge in [0.2, 0.25) is 0 Å². The van der Waals surface area contributed by atoms with E-state index in [4.69, 9.17) is 0 Å². The molecule has 5 heteroatoms. The molecule has 0 spiro atoms. The zero-order valence-electron chi connectivity index (χ0n) is 24.4. The van der Waals surface area contributed by atoms with Gasteiger partial charge in [-0.25, -0.2) is 0 Å². The highest BCUT2D eigenvalue weighted by Gasteiger charge is 2.47. The quantitative estimate of drug-likeness (QED) is 0.136. The molecule has 0 aromatic heterocycles. The summed E-state index contributed by atoms with van der Waals surface area (Å²) in [5, 5.41) is 20.6. The SMILES string of the molecule is CSc1ccc([S+](c2ccc(SC)cc2)c2ccc3c(c2)C(c2ccc(O)cc2)(c2ccc(O)cc2)c2ccccc2-3)cc1. The van der Waals surface area contributed by atoms with E-state index in [0.29, 0.717) is 0 Å². The van der Waals surface area contributed by atoms with Gasteiger partial charge in [-0.2, -0.15) is 0 Å². The second-order valence-electron chi connectivity index (χ2n) is 10.8. The van der Waals surface area contributed by atoms with Crippen LogP contribution in [0.5, 0.6) is 11.5 Å². The molecule has 0 fully saturated rings. The lowest BCUT2D eigenvalue weighted by Gasteiger charge is -2.34. The zero-order chi connectivity index (χ0) is 30.3. The fourth-order valence-corrected chi connectivity index (χ4v) is 9.32. The molecule has 6 aromatic rings. The highest BCUT2D eigenvalue weighted by molar-refractivity contribution is 7.99. The van der Waals surface area contributed by atoms with Gasteiger partial charge in [-0.15, -0.1) is 23.5 Å². The van der Waals surface area contributed by atoms with Crippen LogP contribution in [0.25, 0.3) is 11.1 Å². The van der Waals surface area contributed by atoms with E-state index in [9.17, 15) is 10.2 Å². The Morgan fingerprint density at radius 3 is 1.43 bits per heavy atom. The Bertz CT molecular complexity index is 1840. The minimum absolute atomic E-state index is 0.235. The third-order valence-electron chi connectivity index (χ3n) is 8.44. The summed E-state index contributed by atoms with van der Waals surface area (Å²) in [6.07, 6.45) is 4.22. The van der Waals surface area contributed by atoms with Crippen molar-refractivity contribution < 1.29 is 10.2 Å². The van der Waals surface area contributed by atoms with Gasteiger partial charge in [-0.1, -0.05) is 48.5 Å². The highest BCUT2D eigenvalue weighted by atomic mass is 32.2. The smallest absolute Gasteiger partial charge is 0.166 e. The van der Waals surface area contributed by atoms with Crippen LogP contribution in [-0.2, 0) is 16.3 Å². The van der Waals surface area contributed by atoms with Gasteiger partial charge in [0.1, 0.15) is 11.5 Å². The third kappa shape index (κ3) is 4.80. The summed E-state index contributed by atoms with van der Waals surface area (Å²) in [5.74, 6) is 0.470. The first-order valence-electron chi connectivity index (χ1n) is 14.4. The van der Waals surface area contributed by atoms with Crippen LogP contribution in [0.2, 0.25) is 0 Å². The van der Waals surface area contributed by atoms with E-state index in [2.05, 4.69) is 104 Å². The van der Waals surface area contributed by atoms with Gasteiger partial charge >= 0.3 is 0 Å². The van der Waals surface area contributed by atoms with E-state index < -0.39 is 5.41 Å².